The average molecular weight is 226 g/mol. The number of methoxy groups -OCH3 is 1. The van der Waals surface area contributed by atoms with E-state index in [1.807, 2.05) is 6.07 Å². The fraction of sp³-hybridized carbons (Fsp3) is 0.182. The van der Waals surface area contributed by atoms with Crippen LogP contribution in [0.4, 0.5) is 0 Å². The predicted molar refractivity (Wildman–Crippen MR) is 60.8 cm³/mol. The molecule has 1 aromatic carbocycles. The van der Waals surface area contributed by atoms with Gasteiger partial charge in [-0.05, 0) is 18.2 Å². The van der Waals surface area contributed by atoms with Crippen molar-refractivity contribution in [2.45, 2.75) is 6.42 Å². The normalized spacial score (nSPS) is 10.5. The second-order valence-corrected chi connectivity index (χ2v) is 3.40. The van der Waals surface area contributed by atoms with Crippen molar-refractivity contribution in [2.75, 3.05) is 7.11 Å². The molecule has 0 heterocycles. The van der Waals surface area contributed by atoms with E-state index in [9.17, 15) is 4.79 Å². The third kappa shape index (κ3) is 3.64. The second kappa shape index (κ2) is 5.41. The van der Waals surface area contributed by atoms with Crippen LogP contribution < -0.4 is 10.5 Å². The van der Waals surface area contributed by atoms with E-state index < -0.39 is 0 Å². The number of carbonyl (C=O) groups excluding carboxylic acids is 1. The Hall–Kier alpha value is -1.48. The number of halogens is 1. The molecule has 0 fully saturated rings. The number of hydrogen-bond donors (Lipinski definition) is 1. The molecule has 0 radical (unpaired) electrons. The summed E-state index contributed by atoms with van der Waals surface area (Å²) in [6.07, 6.45) is 3.68. The molecule has 0 aliphatic carbocycles. The lowest BCUT2D eigenvalue weighted by Gasteiger charge is -2.04. The van der Waals surface area contributed by atoms with Crippen molar-refractivity contribution < 1.29 is 9.53 Å². The highest BCUT2D eigenvalue weighted by Crippen LogP contribution is 2.24. The third-order valence-corrected chi connectivity index (χ3v) is 2.05. The van der Waals surface area contributed by atoms with Gasteiger partial charge in [-0.15, -0.1) is 0 Å². The SMILES string of the molecule is COc1cc(Cl)ccc1C=CCC(N)=O. The highest BCUT2D eigenvalue weighted by molar-refractivity contribution is 6.30. The monoisotopic (exact) mass is 225 g/mol. The molecule has 1 rings (SSSR count). The summed E-state index contributed by atoms with van der Waals surface area (Å²) in [6.45, 7) is 0. The van der Waals surface area contributed by atoms with Crippen LogP contribution in [-0.4, -0.2) is 13.0 Å². The predicted octanol–water partition coefficient (Wildman–Crippen LogP) is 2.24. The summed E-state index contributed by atoms with van der Waals surface area (Å²) in [5, 5.41) is 0.610. The standard InChI is InChI=1S/C11H12ClNO2/c1-15-10-7-9(12)6-5-8(10)3-2-4-11(13)14/h2-3,5-7H,4H2,1H3,(H2,13,14). The Kier molecular flexibility index (Phi) is 4.18. The average Bonchev–Trinajstić information content (AvgIpc) is 2.19. The molecule has 1 amide bonds. The molecule has 80 valence electrons. The minimum atomic E-state index is -0.362. The van der Waals surface area contributed by atoms with Gasteiger partial charge in [-0.2, -0.15) is 0 Å². The Balaban J connectivity index is 2.84. The highest BCUT2D eigenvalue weighted by Gasteiger charge is 2.00. The van der Waals surface area contributed by atoms with Gasteiger partial charge in [-0.3, -0.25) is 4.79 Å². The molecule has 1 aromatic rings. The quantitative estimate of drug-likeness (QED) is 0.855. The summed E-state index contributed by atoms with van der Waals surface area (Å²) in [5.41, 5.74) is 5.87. The molecule has 0 aliphatic rings. The zero-order valence-corrected chi connectivity index (χ0v) is 9.12. The molecular formula is C11H12ClNO2. The van der Waals surface area contributed by atoms with Crippen molar-refractivity contribution in [3.63, 3.8) is 0 Å². The molecule has 0 saturated heterocycles. The molecule has 0 aliphatic heterocycles. The summed E-state index contributed by atoms with van der Waals surface area (Å²) in [4.78, 5) is 10.5. The molecule has 2 N–H and O–H groups in total. The van der Waals surface area contributed by atoms with E-state index >= 15 is 0 Å². The number of carbonyl (C=O) groups is 1. The third-order valence-electron chi connectivity index (χ3n) is 1.81. The lowest BCUT2D eigenvalue weighted by atomic mass is 10.1. The molecule has 0 atom stereocenters. The van der Waals surface area contributed by atoms with E-state index in [4.69, 9.17) is 22.1 Å². The maximum Gasteiger partial charge on any atom is 0.221 e. The van der Waals surface area contributed by atoms with Crippen molar-refractivity contribution in [3.05, 3.63) is 34.9 Å². The van der Waals surface area contributed by atoms with Crippen LogP contribution in [0.2, 0.25) is 5.02 Å². The zero-order valence-electron chi connectivity index (χ0n) is 8.37. The smallest absolute Gasteiger partial charge is 0.221 e. The van der Waals surface area contributed by atoms with Crippen molar-refractivity contribution >= 4 is 23.6 Å². The van der Waals surface area contributed by atoms with E-state index in [2.05, 4.69) is 0 Å². The molecule has 3 nitrogen and oxygen atoms in total. The molecule has 0 bridgehead atoms. The lowest BCUT2D eigenvalue weighted by Crippen LogP contribution is -2.07. The summed E-state index contributed by atoms with van der Waals surface area (Å²) >= 11 is 5.80. The Morgan fingerprint density at radius 2 is 2.33 bits per heavy atom. The minimum absolute atomic E-state index is 0.214. The van der Waals surface area contributed by atoms with E-state index in [1.54, 1.807) is 31.4 Å². The van der Waals surface area contributed by atoms with Crippen LogP contribution in [0, 0.1) is 0 Å². The molecule has 0 spiro atoms. The van der Waals surface area contributed by atoms with Gasteiger partial charge in [0.2, 0.25) is 5.91 Å². The van der Waals surface area contributed by atoms with Crippen molar-refractivity contribution in [2.24, 2.45) is 5.73 Å². The first kappa shape index (κ1) is 11.6. The largest absolute Gasteiger partial charge is 0.496 e. The zero-order chi connectivity index (χ0) is 11.3. The first-order valence-corrected chi connectivity index (χ1v) is 4.79. The number of amides is 1. The molecule has 0 unspecified atom stereocenters. The van der Waals surface area contributed by atoms with Crippen LogP contribution in [0.1, 0.15) is 12.0 Å². The van der Waals surface area contributed by atoms with Crippen molar-refractivity contribution in [1.29, 1.82) is 0 Å². The van der Waals surface area contributed by atoms with E-state index in [1.165, 1.54) is 0 Å². The first-order valence-electron chi connectivity index (χ1n) is 4.42. The van der Waals surface area contributed by atoms with Crippen LogP contribution in [-0.2, 0) is 4.79 Å². The maximum atomic E-state index is 10.5. The Labute approximate surface area is 93.5 Å². The van der Waals surface area contributed by atoms with Crippen LogP contribution >= 0.6 is 11.6 Å². The molecule has 0 aromatic heterocycles. The van der Waals surface area contributed by atoms with E-state index in [0.717, 1.165) is 5.56 Å². The lowest BCUT2D eigenvalue weighted by molar-refractivity contribution is -0.117. The Morgan fingerprint density at radius 1 is 1.60 bits per heavy atom. The number of nitrogens with two attached hydrogens (primary N) is 1. The van der Waals surface area contributed by atoms with Gasteiger partial charge in [0, 0.05) is 17.0 Å². The van der Waals surface area contributed by atoms with Crippen LogP contribution in [0.25, 0.3) is 6.08 Å². The van der Waals surface area contributed by atoms with Crippen LogP contribution in [0.15, 0.2) is 24.3 Å². The van der Waals surface area contributed by atoms with Crippen molar-refractivity contribution in [1.82, 2.24) is 0 Å². The number of rotatable bonds is 4. The van der Waals surface area contributed by atoms with Gasteiger partial charge in [0.1, 0.15) is 5.75 Å². The van der Waals surface area contributed by atoms with Gasteiger partial charge >= 0.3 is 0 Å². The summed E-state index contributed by atoms with van der Waals surface area (Å²) in [5.74, 6) is 0.308. The van der Waals surface area contributed by atoms with Gasteiger partial charge < -0.3 is 10.5 Å². The van der Waals surface area contributed by atoms with Crippen LogP contribution in [0.5, 0.6) is 5.75 Å². The summed E-state index contributed by atoms with van der Waals surface area (Å²) in [7, 11) is 1.57. The molecule has 4 heteroatoms. The topological polar surface area (TPSA) is 52.3 Å². The summed E-state index contributed by atoms with van der Waals surface area (Å²) in [6, 6.07) is 5.29. The minimum Gasteiger partial charge on any atom is -0.496 e. The molecule has 15 heavy (non-hydrogen) atoms. The number of hydrogen-bond acceptors (Lipinski definition) is 2. The van der Waals surface area contributed by atoms with Gasteiger partial charge in [-0.1, -0.05) is 23.8 Å². The fourth-order valence-corrected chi connectivity index (χ4v) is 1.29. The number of ether oxygens (including phenoxy) is 1. The number of benzene rings is 1. The maximum absolute atomic E-state index is 10.5. The fourth-order valence-electron chi connectivity index (χ4n) is 1.12. The van der Waals surface area contributed by atoms with Gasteiger partial charge in [0.05, 0.1) is 7.11 Å². The van der Waals surface area contributed by atoms with Gasteiger partial charge in [0.15, 0.2) is 0 Å². The Morgan fingerprint density at radius 3 is 2.93 bits per heavy atom. The molecule has 0 saturated carbocycles. The first-order chi connectivity index (χ1) is 7.13. The van der Waals surface area contributed by atoms with E-state index in [0.29, 0.717) is 10.8 Å². The Bertz CT molecular complexity index is 388. The number of primary amides is 1. The van der Waals surface area contributed by atoms with Crippen LogP contribution in [0.3, 0.4) is 0 Å². The van der Waals surface area contributed by atoms with Gasteiger partial charge in [0.25, 0.3) is 0 Å². The van der Waals surface area contributed by atoms with Crippen molar-refractivity contribution in [3.8, 4) is 5.75 Å². The second-order valence-electron chi connectivity index (χ2n) is 2.96. The molecular weight excluding hydrogens is 214 g/mol. The highest BCUT2D eigenvalue weighted by atomic mass is 35.5. The van der Waals surface area contributed by atoms with Gasteiger partial charge in [-0.25, -0.2) is 0 Å². The summed E-state index contributed by atoms with van der Waals surface area (Å²) < 4.78 is 5.13. The van der Waals surface area contributed by atoms with E-state index in [-0.39, 0.29) is 12.3 Å².